The van der Waals surface area contributed by atoms with Gasteiger partial charge in [0.25, 0.3) is 0 Å². The average Bonchev–Trinajstić information content (AvgIpc) is 2.64. The van der Waals surface area contributed by atoms with Crippen molar-refractivity contribution < 1.29 is 32.2 Å². The SMILES string of the molecule is CCC[C@@H](C(=O)c1ccc(OC(F)(F)F)cc1)c1ccc(C(=O)OC(C)(C)C)cc1. The highest BCUT2D eigenvalue weighted by Gasteiger charge is 2.31. The van der Waals surface area contributed by atoms with Gasteiger partial charge in [-0.3, -0.25) is 4.79 Å². The zero-order valence-corrected chi connectivity index (χ0v) is 17.4. The summed E-state index contributed by atoms with van der Waals surface area (Å²) >= 11 is 0. The van der Waals surface area contributed by atoms with Gasteiger partial charge in [-0.2, -0.15) is 0 Å². The first kappa shape index (κ1) is 23.4. The summed E-state index contributed by atoms with van der Waals surface area (Å²) in [6.07, 6.45) is -3.49. The maximum absolute atomic E-state index is 13.0. The maximum atomic E-state index is 13.0. The van der Waals surface area contributed by atoms with Crippen molar-refractivity contribution in [1.82, 2.24) is 0 Å². The molecule has 0 unspecified atom stereocenters. The molecule has 0 saturated carbocycles. The van der Waals surface area contributed by atoms with Crippen LogP contribution in [0.5, 0.6) is 5.75 Å². The highest BCUT2D eigenvalue weighted by atomic mass is 19.4. The fourth-order valence-electron chi connectivity index (χ4n) is 2.95. The van der Waals surface area contributed by atoms with Crippen LogP contribution >= 0.6 is 0 Å². The fourth-order valence-corrected chi connectivity index (χ4v) is 2.95. The van der Waals surface area contributed by atoms with Crippen LogP contribution in [0.1, 0.15) is 72.7 Å². The second-order valence-electron chi connectivity index (χ2n) is 7.90. The van der Waals surface area contributed by atoms with Gasteiger partial charge in [0.15, 0.2) is 5.78 Å². The lowest BCUT2D eigenvalue weighted by molar-refractivity contribution is -0.274. The molecule has 30 heavy (non-hydrogen) atoms. The van der Waals surface area contributed by atoms with E-state index < -0.39 is 23.9 Å². The molecule has 2 aromatic carbocycles. The molecule has 0 spiro atoms. The quantitative estimate of drug-likeness (QED) is 0.388. The van der Waals surface area contributed by atoms with Crippen molar-refractivity contribution in [2.75, 3.05) is 0 Å². The molecule has 2 rings (SSSR count). The van der Waals surface area contributed by atoms with Crippen LogP contribution in [-0.4, -0.2) is 23.7 Å². The van der Waals surface area contributed by atoms with Gasteiger partial charge < -0.3 is 9.47 Å². The summed E-state index contributed by atoms with van der Waals surface area (Å²) in [4.78, 5) is 25.2. The number of carbonyl (C=O) groups is 2. The van der Waals surface area contributed by atoms with Crippen molar-refractivity contribution in [1.29, 1.82) is 0 Å². The lowest BCUT2D eigenvalue weighted by atomic mass is 9.87. The fraction of sp³-hybridized carbons (Fsp3) is 0.391. The Morgan fingerprint density at radius 1 is 0.900 bits per heavy atom. The van der Waals surface area contributed by atoms with E-state index in [4.69, 9.17) is 4.74 Å². The number of rotatable bonds is 7. The molecular formula is C23H25F3O4. The van der Waals surface area contributed by atoms with E-state index in [1.54, 1.807) is 45.0 Å². The highest BCUT2D eigenvalue weighted by molar-refractivity contribution is 6.01. The Balaban J connectivity index is 2.20. The summed E-state index contributed by atoms with van der Waals surface area (Å²) in [5, 5.41) is 0. The van der Waals surface area contributed by atoms with Gasteiger partial charge in [-0.25, -0.2) is 4.79 Å². The Labute approximate surface area is 174 Å². The number of ketones is 1. The third kappa shape index (κ3) is 6.90. The number of hydrogen-bond donors (Lipinski definition) is 0. The highest BCUT2D eigenvalue weighted by Crippen LogP contribution is 2.28. The van der Waals surface area contributed by atoms with E-state index in [1.165, 1.54) is 12.1 Å². The van der Waals surface area contributed by atoms with E-state index in [0.717, 1.165) is 24.1 Å². The van der Waals surface area contributed by atoms with Gasteiger partial charge in [0.05, 0.1) is 5.56 Å². The molecule has 0 aliphatic carbocycles. The molecule has 0 saturated heterocycles. The molecule has 0 bridgehead atoms. The van der Waals surface area contributed by atoms with E-state index >= 15 is 0 Å². The zero-order chi connectivity index (χ0) is 22.5. The number of alkyl halides is 3. The van der Waals surface area contributed by atoms with Crippen LogP contribution in [-0.2, 0) is 4.74 Å². The molecule has 162 valence electrons. The van der Waals surface area contributed by atoms with Gasteiger partial charge in [0.2, 0.25) is 0 Å². The first-order chi connectivity index (χ1) is 13.9. The monoisotopic (exact) mass is 422 g/mol. The summed E-state index contributed by atoms with van der Waals surface area (Å²) in [5.74, 6) is -1.52. The van der Waals surface area contributed by atoms with Gasteiger partial charge in [-0.15, -0.1) is 13.2 Å². The van der Waals surface area contributed by atoms with Gasteiger partial charge in [-0.05, 0) is 69.2 Å². The number of hydrogen-bond acceptors (Lipinski definition) is 4. The van der Waals surface area contributed by atoms with Gasteiger partial charge in [-0.1, -0.05) is 25.5 Å². The summed E-state index contributed by atoms with van der Waals surface area (Å²) < 4.78 is 46.1. The van der Waals surface area contributed by atoms with Gasteiger partial charge >= 0.3 is 12.3 Å². The van der Waals surface area contributed by atoms with Crippen molar-refractivity contribution in [2.24, 2.45) is 0 Å². The Hall–Kier alpha value is -2.83. The molecule has 0 aromatic heterocycles. The zero-order valence-electron chi connectivity index (χ0n) is 17.4. The van der Waals surface area contributed by atoms with Crippen LogP contribution in [0.3, 0.4) is 0 Å². The van der Waals surface area contributed by atoms with E-state index in [-0.39, 0.29) is 11.5 Å². The first-order valence-electron chi connectivity index (χ1n) is 9.63. The number of ether oxygens (including phenoxy) is 2. The van der Waals surface area contributed by atoms with Crippen LogP contribution in [0.15, 0.2) is 48.5 Å². The normalized spacial score (nSPS) is 12.9. The van der Waals surface area contributed by atoms with Crippen molar-refractivity contribution in [2.45, 2.75) is 58.4 Å². The lowest BCUT2D eigenvalue weighted by Crippen LogP contribution is -2.23. The molecule has 7 heteroatoms. The summed E-state index contributed by atoms with van der Waals surface area (Å²) in [6, 6.07) is 11.5. The van der Waals surface area contributed by atoms with E-state index in [1.807, 2.05) is 6.92 Å². The van der Waals surface area contributed by atoms with Crippen molar-refractivity contribution in [3.05, 3.63) is 65.2 Å². The molecule has 2 aromatic rings. The molecule has 4 nitrogen and oxygen atoms in total. The second-order valence-corrected chi connectivity index (χ2v) is 7.90. The Kier molecular flexibility index (Phi) is 7.29. The largest absolute Gasteiger partial charge is 0.573 e. The molecular weight excluding hydrogens is 397 g/mol. The van der Waals surface area contributed by atoms with Crippen LogP contribution in [0.25, 0.3) is 0 Å². The first-order valence-corrected chi connectivity index (χ1v) is 9.63. The minimum atomic E-state index is -4.79. The summed E-state index contributed by atoms with van der Waals surface area (Å²) in [5.41, 5.74) is 0.785. The minimum absolute atomic E-state index is 0.208. The minimum Gasteiger partial charge on any atom is -0.456 e. The third-order valence-corrected chi connectivity index (χ3v) is 4.21. The van der Waals surface area contributed by atoms with Crippen LogP contribution in [0.4, 0.5) is 13.2 Å². The number of Topliss-reactive ketones (excluding diaryl/α,β-unsaturated/α-hetero) is 1. The van der Waals surface area contributed by atoms with Crippen LogP contribution in [0, 0.1) is 0 Å². The molecule has 1 atom stereocenters. The number of esters is 1. The topological polar surface area (TPSA) is 52.6 Å². The average molecular weight is 422 g/mol. The molecule has 0 aliphatic heterocycles. The number of benzene rings is 2. The molecule has 0 aliphatic rings. The lowest BCUT2D eigenvalue weighted by Gasteiger charge is -2.20. The third-order valence-electron chi connectivity index (χ3n) is 4.21. The summed E-state index contributed by atoms with van der Waals surface area (Å²) in [7, 11) is 0. The maximum Gasteiger partial charge on any atom is 0.573 e. The molecule has 0 fully saturated rings. The van der Waals surface area contributed by atoms with E-state index in [9.17, 15) is 22.8 Å². The predicted molar refractivity (Wildman–Crippen MR) is 107 cm³/mol. The van der Waals surface area contributed by atoms with Crippen LogP contribution in [0.2, 0.25) is 0 Å². The predicted octanol–water partition coefficient (Wildman–Crippen LogP) is 6.31. The van der Waals surface area contributed by atoms with Crippen molar-refractivity contribution in [3.63, 3.8) is 0 Å². The number of carbonyl (C=O) groups excluding carboxylic acids is 2. The van der Waals surface area contributed by atoms with Crippen molar-refractivity contribution >= 4 is 11.8 Å². The second kappa shape index (κ2) is 9.32. The molecule has 0 radical (unpaired) electrons. The molecule has 0 amide bonds. The van der Waals surface area contributed by atoms with Gasteiger partial charge in [0, 0.05) is 11.5 Å². The van der Waals surface area contributed by atoms with E-state index in [2.05, 4.69) is 4.74 Å². The standard InChI is InChI=1S/C23H25F3O4/c1-5-6-19(15-7-9-17(10-8-15)21(28)30-22(2,3)4)20(27)16-11-13-18(14-12-16)29-23(24,25)26/h7-14,19H,5-6H2,1-4H3/t19-/m1/s1. The smallest absolute Gasteiger partial charge is 0.456 e. The van der Waals surface area contributed by atoms with Gasteiger partial charge in [0.1, 0.15) is 11.4 Å². The van der Waals surface area contributed by atoms with E-state index in [0.29, 0.717) is 17.5 Å². The Bertz CT molecular complexity index is 863. The van der Waals surface area contributed by atoms with Crippen molar-refractivity contribution in [3.8, 4) is 5.75 Å². The Morgan fingerprint density at radius 2 is 1.43 bits per heavy atom. The van der Waals surface area contributed by atoms with Crippen LogP contribution < -0.4 is 4.74 Å². The molecule has 0 heterocycles. The number of halogens is 3. The molecule has 0 N–H and O–H groups in total. The Morgan fingerprint density at radius 3 is 1.90 bits per heavy atom. The summed E-state index contributed by atoms with van der Waals surface area (Å²) in [6.45, 7) is 7.27.